The molecule has 3 rings (SSSR count). The summed E-state index contributed by atoms with van der Waals surface area (Å²) in [6, 6.07) is 6.12. The van der Waals surface area contributed by atoms with Crippen LogP contribution in [0.2, 0.25) is 0 Å². The van der Waals surface area contributed by atoms with E-state index in [-0.39, 0.29) is 17.4 Å². The van der Waals surface area contributed by atoms with Crippen LogP contribution in [0.3, 0.4) is 0 Å². The molecule has 1 amide bonds. The largest absolute Gasteiger partial charge is 0.382 e. The van der Waals surface area contributed by atoms with Gasteiger partial charge in [0.1, 0.15) is 0 Å². The second-order valence-electron chi connectivity index (χ2n) is 8.31. The molecule has 1 fully saturated rings. The number of aromatic nitrogens is 1. The summed E-state index contributed by atoms with van der Waals surface area (Å²) in [7, 11) is 0. The van der Waals surface area contributed by atoms with Crippen LogP contribution in [0.15, 0.2) is 23.0 Å². The molecule has 0 spiro atoms. The fourth-order valence-corrected chi connectivity index (χ4v) is 4.43. The number of aromatic amines is 1. The van der Waals surface area contributed by atoms with Gasteiger partial charge in [-0.2, -0.15) is 0 Å². The van der Waals surface area contributed by atoms with Crippen LogP contribution in [0.1, 0.15) is 62.1 Å². The molecular weight excluding hydrogens is 364 g/mol. The molecule has 1 saturated carbocycles. The van der Waals surface area contributed by atoms with Gasteiger partial charge in [0.25, 0.3) is 5.56 Å². The molecule has 1 aromatic heterocycles. The predicted molar refractivity (Wildman–Crippen MR) is 117 cm³/mol. The number of H-pyrrole nitrogens is 1. The van der Waals surface area contributed by atoms with Gasteiger partial charge in [-0.3, -0.25) is 9.59 Å². The van der Waals surface area contributed by atoms with Crippen molar-refractivity contribution >= 4 is 16.8 Å². The van der Waals surface area contributed by atoms with Crippen LogP contribution in [0.5, 0.6) is 0 Å². The van der Waals surface area contributed by atoms with Crippen molar-refractivity contribution in [2.24, 2.45) is 5.92 Å². The highest BCUT2D eigenvalue weighted by Crippen LogP contribution is 2.26. The number of amides is 1. The minimum atomic E-state index is -0.101. The maximum Gasteiger partial charge on any atom is 0.253 e. The van der Waals surface area contributed by atoms with E-state index in [0.29, 0.717) is 31.9 Å². The fraction of sp³-hybridized carbons (Fsp3) is 0.583. The average Bonchev–Trinajstić information content (AvgIpc) is 2.71. The predicted octanol–water partition coefficient (Wildman–Crippen LogP) is 4.48. The van der Waals surface area contributed by atoms with Crippen molar-refractivity contribution in [3.63, 3.8) is 0 Å². The van der Waals surface area contributed by atoms with Gasteiger partial charge in [-0.1, -0.05) is 30.9 Å². The van der Waals surface area contributed by atoms with Crippen LogP contribution in [0, 0.1) is 19.8 Å². The van der Waals surface area contributed by atoms with Crippen molar-refractivity contribution in [1.82, 2.24) is 9.88 Å². The summed E-state index contributed by atoms with van der Waals surface area (Å²) >= 11 is 0. The zero-order valence-corrected chi connectivity index (χ0v) is 18.1. The minimum Gasteiger partial charge on any atom is -0.382 e. The Hall–Kier alpha value is -2.14. The summed E-state index contributed by atoms with van der Waals surface area (Å²) < 4.78 is 5.46. The average molecular weight is 399 g/mol. The Morgan fingerprint density at radius 2 is 1.93 bits per heavy atom. The van der Waals surface area contributed by atoms with Crippen LogP contribution in [0.4, 0.5) is 0 Å². The van der Waals surface area contributed by atoms with Crippen molar-refractivity contribution in [3.05, 3.63) is 45.2 Å². The summed E-state index contributed by atoms with van der Waals surface area (Å²) in [6.45, 7) is 8.35. The molecule has 5 heteroatoms. The van der Waals surface area contributed by atoms with Crippen molar-refractivity contribution in [1.29, 1.82) is 0 Å². The molecule has 1 aliphatic carbocycles. The molecule has 1 N–H and O–H groups in total. The Kier molecular flexibility index (Phi) is 7.48. The van der Waals surface area contributed by atoms with Crippen LogP contribution < -0.4 is 5.56 Å². The van der Waals surface area contributed by atoms with Crippen molar-refractivity contribution in [2.75, 3.05) is 19.8 Å². The molecule has 1 aromatic carbocycles. The Morgan fingerprint density at radius 3 is 2.66 bits per heavy atom. The molecule has 2 aromatic rings. The van der Waals surface area contributed by atoms with Gasteiger partial charge in [-0.05, 0) is 63.1 Å². The lowest BCUT2D eigenvalue weighted by Gasteiger charge is -2.29. The standard InChI is InChI=1S/C24H34N2O3/c1-4-29-12-8-11-26(24(28)19-9-6-5-7-10-19)16-21-15-20-14-17(2)13-18(3)22(20)25-23(21)27/h13-15,19H,4-12,16H2,1-3H3,(H,25,27). The molecule has 0 unspecified atom stereocenters. The van der Waals surface area contributed by atoms with Gasteiger partial charge in [0, 0.05) is 31.2 Å². The van der Waals surface area contributed by atoms with Gasteiger partial charge in [0.15, 0.2) is 0 Å². The van der Waals surface area contributed by atoms with Crippen molar-refractivity contribution < 1.29 is 9.53 Å². The van der Waals surface area contributed by atoms with Crippen molar-refractivity contribution in [2.45, 2.75) is 65.8 Å². The quantitative estimate of drug-likeness (QED) is 0.667. The Balaban J connectivity index is 1.84. The van der Waals surface area contributed by atoms with Gasteiger partial charge >= 0.3 is 0 Å². The Labute approximate surface area is 173 Å². The highest BCUT2D eigenvalue weighted by Gasteiger charge is 2.26. The van der Waals surface area contributed by atoms with Gasteiger partial charge in [-0.15, -0.1) is 0 Å². The number of aryl methyl sites for hydroxylation is 2. The van der Waals surface area contributed by atoms with E-state index in [1.807, 2.05) is 24.8 Å². The van der Waals surface area contributed by atoms with E-state index >= 15 is 0 Å². The summed E-state index contributed by atoms with van der Waals surface area (Å²) in [6.07, 6.45) is 6.18. The van der Waals surface area contributed by atoms with Crippen LogP contribution in [-0.2, 0) is 16.1 Å². The molecule has 0 atom stereocenters. The highest BCUT2D eigenvalue weighted by atomic mass is 16.5. The number of ether oxygens (including phenoxy) is 1. The van der Waals surface area contributed by atoms with Crippen LogP contribution in [-0.4, -0.2) is 35.5 Å². The molecule has 0 bridgehead atoms. The number of fused-ring (bicyclic) bond motifs is 1. The number of nitrogens with zero attached hydrogens (tertiary/aromatic N) is 1. The number of carbonyl (C=O) groups is 1. The Morgan fingerprint density at radius 1 is 1.17 bits per heavy atom. The third-order valence-electron chi connectivity index (χ3n) is 5.92. The molecule has 0 saturated heterocycles. The minimum absolute atomic E-state index is 0.0971. The van der Waals surface area contributed by atoms with Gasteiger partial charge in [-0.25, -0.2) is 0 Å². The lowest BCUT2D eigenvalue weighted by Crippen LogP contribution is -2.39. The molecule has 1 heterocycles. The first-order chi connectivity index (χ1) is 14.0. The van der Waals surface area contributed by atoms with Crippen LogP contribution in [0.25, 0.3) is 10.9 Å². The normalized spacial score (nSPS) is 15.0. The van der Waals surface area contributed by atoms with E-state index in [2.05, 4.69) is 24.0 Å². The number of rotatable bonds is 8. The van der Waals surface area contributed by atoms with Gasteiger partial charge in [0.2, 0.25) is 5.91 Å². The molecule has 158 valence electrons. The van der Waals surface area contributed by atoms with E-state index < -0.39 is 0 Å². The topological polar surface area (TPSA) is 62.4 Å². The first-order valence-electron chi connectivity index (χ1n) is 11.0. The third kappa shape index (κ3) is 5.47. The maximum absolute atomic E-state index is 13.2. The first kappa shape index (κ1) is 21.6. The second kappa shape index (κ2) is 10.1. The summed E-state index contributed by atoms with van der Waals surface area (Å²) in [4.78, 5) is 30.9. The van der Waals surface area contributed by atoms with E-state index in [1.165, 1.54) is 12.0 Å². The van der Waals surface area contributed by atoms with E-state index in [9.17, 15) is 9.59 Å². The maximum atomic E-state index is 13.2. The zero-order valence-electron chi connectivity index (χ0n) is 18.1. The molecule has 0 aliphatic heterocycles. The lowest BCUT2D eigenvalue weighted by atomic mass is 9.88. The number of hydrogen-bond donors (Lipinski definition) is 1. The van der Waals surface area contributed by atoms with Crippen LogP contribution >= 0.6 is 0 Å². The Bertz CT molecular complexity index is 897. The smallest absolute Gasteiger partial charge is 0.253 e. The summed E-state index contributed by atoms with van der Waals surface area (Å²) in [5, 5.41) is 1.02. The highest BCUT2D eigenvalue weighted by molar-refractivity contribution is 5.83. The fourth-order valence-electron chi connectivity index (χ4n) is 4.43. The molecule has 0 radical (unpaired) electrons. The monoisotopic (exact) mass is 398 g/mol. The van der Waals surface area contributed by atoms with Crippen molar-refractivity contribution in [3.8, 4) is 0 Å². The second-order valence-corrected chi connectivity index (χ2v) is 8.31. The third-order valence-corrected chi connectivity index (χ3v) is 5.92. The van der Waals surface area contributed by atoms with E-state index in [0.717, 1.165) is 48.6 Å². The number of benzene rings is 1. The summed E-state index contributed by atoms with van der Waals surface area (Å²) in [5.41, 5.74) is 3.67. The summed E-state index contributed by atoms with van der Waals surface area (Å²) in [5.74, 6) is 0.293. The molecule has 1 aliphatic rings. The zero-order chi connectivity index (χ0) is 20.8. The number of pyridine rings is 1. The molecular formula is C24H34N2O3. The number of carbonyl (C=O) groups excluding carboxylic acids is 1. The molecule has 5 nitrogen and oxygen atoms in total. The molecule has 29 heavy (non-hydrogen) atoms. The van der Waals surface area contributed by atoms with Gasteiger partial charge in [0.05, 0.1) is 12.1 Å². The van der Waals surface area contributed by atoms with Gasteiger partial charge < -0.3 is 14.6 Å². The number of hydrogen-bond acceptors (Lipinski definition) is 3. The lowest BCUT2D eigenvalue weighted by molar-refractivity contribution is -0.137. The number of nitrogens with one attached hydrogen (secondary N) is 1. The SMILES string of the molecule is CCOCCCN(Cc1cc2cc(C)cc(C)c2[nH]c1=O)C(=O)C1CCCCC1. The van der Waals surface area contributed by atoms with E-state index in [4.69, 9.17) is 4.74 Å². The first-order valence-corrected chi connectivity index (χ1v) is 11.0. The van der Waals surface area contributed by atoms with E-state index in [1.54, 1.807) is 0 Å².